The van der Waals surface area contributed by atoms with Gasteiger partial charge in [0.15, 0.2) is 0 Å². The van der Waals surface area contributed by atoms with Crippen molar-refractivity contribution < 1.29 is 13.2 Å². The maximum absolute atomic E-state index is 12.0. The summed E-state index contributed by atoms with van der Waals surface area (Å²) in [7, 11) is -3.89. The van der Waals surface area contributed by atoms with Crippen molar-refractivity contribution in [2.45, 2.75) is 6.92 Å². The molecular weight excluding hydrogens is 324 g/mol. The molecule has 5 nitrogen and oxygen atoms in total. The van der Waals surface area contributed by atoms with Crippen molar-refractivity contribution in [3.63, 3.8) is 0 Å². The second-order valence-electron chi connectivity index (χ2n) is 4.52. The number of carbonyl (C=O) groups excluding carboxylic acids is 1. The molecule has 0 saturated heterocycles. The fraction of sp³-hybridized carbons (Fsp3) is 0.0667. The van der Waals surface area contributed by atoms with E-state index in [9.17, 15) is 13.2 Å². The van der Waals surface area contributed by atoms with Crippen LogP contribution in [-0.2, 0) is 10.0 Å². The zero-order valence-corrected chi connectivity index (χ0v) is 13.2. The molecule has 114 valence electrons. The molecular formula is C15H13ClN2O3S. The quantitative estimate of drug-likeness (QED) is 0.931. The van der Waals surface area contributed by atoms with Gasteiger partial charge in [-0.2, -0.15) is 0 Å². The summed E-state index contributed by atoms with van der Waals surface area (Å²) in [5.74, 6) is -0.704. The van der Waals surface area contributed by atoms with E-state index < -0.39 is 15.9 Å². The minimum atomic E-state index is -3.89. The highest BCUT2D eigenvalue weighted by Crippen LogP contribution is 2.15. The van der Waals surface area contributed by atoms with Crippen LogP contribution in [0.15, 0.2) is 48.1 Å². The predicted octanol–water partition coefficient (Wildman–Crippen LogP) is 2.77. The summed E-state index contributed by atoms with van der Waals surface area (Å²) in [5, 5.41) is 1.40. The first-order chi connectivity index (χ1) is 10.4. The van der Waals surface area contributed by atoms with Crippen molar-refractivity contribution in [3.8, 4) is 0 Å². The van der Waals surface area contributed by atoms with E-state index in [1.54, 1.807) is 31.3 Å². The summed E-state index contributed by atoms with van der Waals surface area (Å²) in [6, 6.07) is 7.98. The zero-order chi connectivity index (χ0) is 16.2. The predicted molar refractivity (Wildman–Crippen MR) is 85.8 cm³/mol. The summed E-state index contributed by atoms with van der Waals surface area (Å²) in [5.41, 5.74) is 1.46. The molecule has 2 aromatic rings. The van der Waals surface area contributed by atoms with Crippen molar-refractivity contribution in [2.24, 2.45) is 0 Å². The summed E-state index contributed by atoms with van der Waals surface area (Å²) in [6.45, 7) is 1.68. The van der Waals surface area contributed by atoms with Crippen LogP contribution in [0.5, 0.6) is 0 Å². The molecule has 0 aliphatic rings. The molecule has 0 spiro atoms. The molecule has 0 unspecified atom stereocenters. The van der Waals surface area contributed by atoms with Crippen LogP contribution < -0.4 is 4.72 Å². The normalized spacial score (nSPS) is 11.5. The van der Waals surface area contributed by atoms with Gasteiger partial charge in [-0.15, -0.1) is 0 Å². The fourth-order valence-electron chi connectivity index (χ4n) is 1.74. The number of carbonyl (C=O) groups is 1. The van der Waals surface area contributed by atoms with E-state index in [1.165, 1.54) is 24.4 Å². The largest absolute Gasteiger partial charge is 0.268 e. The van der Waals surface area contributed by atoms with E-state index in [-0.39, 0.29) is 5.56 Å². The second-order valence-corrected chi connectivity index (χ2v) is 6.53. The first-order valence-electron chi connectivity index (χ1n) is 6.29. The molecule has 0 fully saturated rings. The van der Waals surface area contributed by atoms with E-state index in [2.05, 4.69) is 4.98 Å². The lowest BCUT2D eigenvalue weighted by Gasteiger charge is -2.06. The number of sulfonamides is 1. The van der Waals surface area contributed by atoms with Gasteiger partial charge in [0, 0.05) is 23.0 Å². The van der Waals surface area contributed by atoms with Gasteiger partial charge in [0.05, 0.1) is 5.41 Å². The van der Waals surface area contributed by atoms with Crippen molar-refractivity contribution in [1.82, 2.24) is 9.71 Å². The Hall–Kier alpha value is -2.18. The third kappa shape index (κ3) is 4.41. The topological polar surface area (TPSA) is 76.1 Å². The summed E-state index contributed by atoms with van der Waals surface area (Å²) < 4.78 is 25.8. The van der Waals surface area contributed by atoms with Gasteiger partial charge < -0.3 is 0 Å². The third-order valence-corrected chi connectivity index (χ3v) is 3.99. The molecule has 7 heteroatoms. The minimum absolute atomic E-state index is 0.253. The number of benzene rings is 1. The lowest BCUT2D eigenvalue weighted by atomic mass is 10.1. The SMILES string of the molecule is Cc1cc(Cl)ccc1C(=O)NS(=O)(=O)/C=C/c1cccnc1. The number of hydrogen-bond donors (Lipinski definition) is 1. The monoisotopic (exact) mass is 336 g/mol. The van der Waals surface area contributed by atoms with Crippen molar-refractivity contribution >= 4 is 33.6 Å². The Balaban J connectivity index is 2.14. The molecule has 1 aromatic carbocycles. The van der Waals surface area contributed by atoms with E-state index in [4.69, 9.17) is 11.6 Å². The van der Waals surface area contributed by atoms with Crippen LogP contribution in [0.3, 0.4) is 0 Å². The average molecular weight is 337 g/mol. The summed E-state index contributed by atoms with van der Waals surface area (Å²) >= 11 is 5.81. The van der Waals surface area contributed by atoms with E-state index in [0.717, 1.165) is 5.41 Å². The van der Waals surface area contributed by atoms with Gasteiger partial charge in [-0.05, 0) is 48.4 Å². The molecule has 0 saturated carbocycles. The first-order valence-corrected chi connectivity index (χ1v) is 8.21. The van der Waals surface area contributed by atoms with Gasteiger partial charge in [0.25, 0.3) is 15.9 Å². The average Bonchev–Trinajstić information content (AvgIpc) is 2.45. The third-order valence-electron chi connectivity index (χ3n) is 2.79. The Kier molecular flexibility index (Phi) is 4.95. The molecule has 1 heterocycles. The number of pyridine rings is 1. The van der Waals surface area contributed by atoms with Gasteiger partial charge in [-0.1, -0.05) is 17.7 Å². The van der Waals surface area contributed by atoms with Gasteiger partial charge in [-0.25, -0.2) is 13.1 Å². The second kappa shape index (κ2) is 6.72. The maximum Gasteiger partial charge on any atom is 0.265 e. The Morgan fingerprint density at radius 2 is 2.09 bits per heavy atom. The molecule has 0 atom stereocenters. The maximum atomic E-state index is 12.0. The Labute approximate surface area is 133 Å². The van der Waals surface area contributed by atoms with Crippen LogP contribution in [-0.4, -0.2) is 19.3 Å². The van der Waals surface area contributed by atoms with E-state index in [1.807, 2.05) is 4.72 Å². The van der Waals surface area contributed by atoms with Gasteiger partial charge in [0.2, 0.25) is 0 Å². The molecule has 0 radical (unpaired) electrons. The lowest BCUT2D eigenvalue weighted by Crippen LogP contribution is -2.29. The van der Waals surface area contributed by atoms with Crippen LogP contribution in [0.4, 0.5) is 0 Å². The molecule has 22 heavy (non-hydrogen) atoms. The molecule has 0 aliphatic carbocycles. The molecule has 1 amide bonds. The van der Waals surface area contributed by atoms with Gasteiger partial charge in [-0.3, -0.25) is 9.78 Å². The number of nitrogens with zero attached hydrogens (tertiary/aromatic N) is 1. The van der Waals surface area contributed by atoms with Crippen LogP contribution >= 0.6 is 11.6 Å². The number of nitrogens with one attached hydrogen (secondary N) is 1. The zero-order valence-electron chi connectivity index (χ0n) is 11.7. The van der Waals surface area contributed by atoms with Crippen LogP contribution in [0.2, 0.25) is 5.02 Å². The van der Waals surface area contributed by atoms with Crippen molar-refractivity contribution in [1.29, 1.82) is 0 Å². The number of amides is 1. The highest BCUT2D eigenvalue weighted by atomic mass is 35.5. The number of rotatable bonds is 4. The number of aromatic nitrogens is 1. The Bertz CT molecular complexity index is 818. The highest BCUT2D eigenvalue weighted by Gasteiger charge is 2.15. The molecule has 2 rings (SSSR count). The van der Waals surface area contributed by atoms with Crippen molar-refractivity contribution in [3.05, 3.63) is 69.8 Å². The van der Waals surface area contributed by atoms with Crippen LogP contribution in [0.25, 0.3) is 6.08 Å². The first kappa shape index (κ1) is 16.2. The van der Waals surface area contributed by atoms with Gasteiger partial charge in [0.1, 0.15) is 0 Å². The fourth-order valence-corrected chi connectivity index (χ4v) is 2.74. The number of halogens is 1. The molecule has 0 bridgehead atoms. The number of aryl methyl sites for hydroxylation is 1. The smallest absolute Gasteiger partial charge is 0.265 e. The highest BCUT2D eigenvalue weighted by molar-refractivity contribution is 7.93. The minimum Gasteiger partial charge on any atom is -0.268 e. The Morgan fingerprint density at radius 1 is 1.32 bits per heavy atom. The summed E-state index contributed by atoms with van der Waals surface area (Å²) in [4.78, 5) is 15.9. The molecule has 0 aliphatic heterocycles. The standard InChI is InChI=1S/C15H13ClN2O3S/c1-11-9-13(16)4-5-14(11)15(19)18-22(20,21)8-6-12-3-2-7-17-10-12/h2-10H,1H3,(H,18,19)/b8-6+. The summed E-state index contributed by atoms with van der Waals surface area (Å²) in [6.07, 6.45) is 4.45. The van der Waals surface area contributed by atoms with Crippen LogP contribution in [0, 0.1) is 6.92 Å². The molecule has 1 aromatic heterocycles. The van der Waals surface area contributed by atoms with Crippen LogP contribution in [0.1, 0.15) is 21.5 Å². The lowest BCUT2D eigenvalue weighted by molar-refractivity contribution is 0.0981. The Morgan fingerprint density at radius 3 is 2.73 bits per heavy atom. The van der Waals surface area contributed by atoms with E-state index in [0.29, 0.717) is 16.1 Å². The van der Waals surface area contributed by atoms with E-state index >= 15 is 0 Å². The van der Waals surface area contributed by atoms with Crippen molar-refractivity contribution in [2.75, 3.05) is 0 Å². The van der Waals surface area contributed by atoms with Gasteiger partial charge >= 0.3 is 0 Å². The number of hydrogen-bond acceptors (Lipinski definition) is 4. The molecule has 1 N–H and O–H groups in total.